The molecule has 0 aliphatic rings. The molecule has 0 spiro atoms. The van der Waals surface area contributed by atoms with Crippen LogP contribution in [0, 0.1) is 0 Å². The van der Waals surface area contributed by atoms with Crippen LogP contribution in [0.1, 0.15) is 28.7 Å². The van der Waals surface area contributed by atoms with Gasteiger partial charge in [-0.2, -0.15) is 0 Å². The predicted octanol–water partition coefficient (Wildman–Crippen LogP) is 3.41. The van der Waals surface area contributed by atoms with Gasteiger partial charge < -0.3 is 0 Å². The van der Waals surface area contributed by atoms with E-state index < -0.39 is 0 Å². The molecule has 0 radical (unpaired) electrons. The maximum atomic E-state index is 2.00. The standard InChI is InChI=1S/C6H10.2CH4/c1-3-5-6-4-2;;/h3-6H,1-2H3;2*1H4. The summed E-state index contributed by atoms with van der Waals surface area (Å²) in [6.07, 6.45) is 8.00. The smallest absolute Gasteiger partial charge is 0.0467 e. The first-order valence-corrected chi connectivity index (χ1v) is 2.15. The van der Waals surface area contributed by atoms with Crippen LogP contribution in [-0.4, -0.2) is 0 Å². The highest BCUT2D eigenvalue weighted by Gasteiger charge is 1.48. The third-order valence-corrected chi connectivity index (χ3v) is 0.496. The van der Waals surface area contributed by atoms with Crippen molar-refractivity contribution < 1.29 is 0 Å². The van der Waals surface area contributed by atoms with Gasteiger partial charge in [0.05, 0.1) is 0 Å². The van der Waals surface area contributed by atoms with E-state index in [0.717, 1.165) is 0 Å². The summed E-state index contributed by atoms with van der Waals surface area (Å²) in [5, 5.41) is 0. The van der Waals surface area contributed by atoms with Gasteiger partial charge in [-0.25, -0.2) is 0 Å². The molecule has 0 heterocycles. The van der Waals surface area contributed by atoms with Crippen LogP contribution in [0.2, 0.25) is 0 Å². The first-order valence-electron chi connectivity index (χ1n) is 2.15. The monoisotopic (exact) mass is 114 g/mol. The van der Waals surface area contributed by atoms with Gasteiger partial charge in [-0.3, -0.25) is 0 Å². The number of rotatable bonds is 1. The molecule has 0 aliphatic carbocycles. The van der Waals surface area contributed by atoms with Crippen molar-refractivity contribution in [3.63, 3.8) is 0 Å². The van der Waals surface area contributed by atoms with Crippen LogP contribution < -0.4 is 0 Å². The first-order chi connectivity index (χ1) is 2.91. The van der Waals surface area contributed by atoms with Crippen molar-refractivity contribution >= 4 is 0 Å². The van der Waals surface area contributed by atoms with Crippen LogP contribution in [0.4, 0.5) is 0 Å². The van der Waals surface area contributed by atoms with Gasteiger partial charge in [-0.1, -0.05) is 39.2 Å². The first kappa shape index (κ1) is 15.6. The third kappa shape index (κ3) is 17.9. The molecule has 0 atom stereocenters. The molecule has 0 N–H and O–H groups in total. The summed E-state index contributed by atoms with van der Waals surface area (Å²) in [6, 6.07) is 0. The lowest BCUT2D eigenvalue weighted by molar-refractivity contribution is 1.69. The van der Waals surface area contributed by atoms with Gasteiger partial charge in [0.25, 0.3) is 0 Å². The van der Waals surface area contributed by atoms with Crippen molar-refractivity contribution in [2.24, 2.45) is 0 Å². The molecule has 0 aromatic rings. The minimum absolute atomic E-state index is 0. The van der Waals surface area contributed by atoms with Crippen LogP contribution in [-0.2, 0) is 0 Å². The quantitative estimate of drug-likeness (QED) is 0.458. The number of hydrogen-bond donors (Lipinski definition) is 0. The molecule has 0 fully saturated rings. The maximum absolute atomic E-state index is 2.00. The topological polar surface area (TPSA) is 0 Å². The SMILES string of the molecule is C.C.CC=CC=CC. The Morgan fingerprint density at radius 3 is 1.12 bits per heavy atom. The van der Waals surface area contributed by atoms with Crippen LogP contribution in [0.3, 0.4) is 0 Å². The fraction of sp³-hybridized carbons (Fsp3) is 0.500. The molecular formula is C8H18. The fourth-order valence-corrected chi connectivity index (χ4v) is 0.222. The lowest BCUT2D eigenvalue weighted by atomic mass is 10.5. The van der Waals surface area contributed by atoms with Crippen molar-refractivity contribution in [1.82, 2.24) is 0 Å². The zero-order valence-corrected chi connectivity index (χ0v) is 4.31. The van der Waals surface area contributed by atoms with Crippen molar-refractivity contribution in [2.75, 3.05) is 0 Å². The van der Waals surface area contributed by atoms with Crippen LogP contribution in [0.25, 0.3) is 0 Å². The fourth-order valence-electron chi connectivity index (χ4n) is 0.222. The summed E-state index contributed by atoms with van der Waals surface area (Å²) in [6.45, 7) is 4.00. The minimum atomic E-state index is 0. The molecule has 0 aromatic heterocycles. The number of allylic oxidation sites excluding steroid dienone is 4. The molecule has 0 rings (SSSR count). The number of hydrogen-bond acceptors (Lipinski definition) is 0. The molecule has 0 unspecified atom stereocenters. The van der Waals surface area contributed by atoms with Crippen LogP contribution in [0.15, 0.2) is 24.3 Å². The highest BCUT2D eigenvalue weighted by atomic mass is 13.6. The largest absolute Gasteiger partial charge is 0.0877 e. The van der Waals surface area contributed by atoms with Crippen LogP contribution >= 0.6 is 0 Å². The molecule has 8 heavy (non-hydrogen) atoms. The van der Waals surface area contributed by atoms with Crippen molar-refractivity contribution in [1.29, 1.82) is 0 Å². The normalized spacial score (nSPS) is 8.75. The Hall–Kier alpha value is -0.520. The zero-order chi connectivity index (χ0) is 4.83. The van der Waals surface area contributed by atoms with Gasteiger partial charge in [0, 0.05) is 0 Å². The molecule has 0 bridgehead atoms. The van der Waals surface area contributed by atoms with E-state index in [-0.39, 0.29) is 14.9 Å². The molecular weight excluding hydrogens is 96.1 g/mol. The van der Waals surface area contributed by atoms with E-state index in [9.17, 15) is 0 Å². The molecule has 0 aliphatic heterocycles. The van der Waals surface area contributed by atoms with E-state index in [4.69, 9.17) is 0 Å². The van der Waals surface area contributed by atoms with Gasteiger partial charge in [0.1, 0.15) is 0 Å². The van der Waals surface area contributed by atoms with Crippen LogP contribution in [0.5, 0.6) is 0 Å². The second-order valence-electron chi connectivity index (χ2n) is 1.05. The molecule has 0 heteroatoms. The van der Waals surface area contributed by atoms with E-state index in [1.165, 1.54) is 0 Å². The Labute approximate surface area is 53.9 Å². The van der Waals surface area contributed by atoms with Gasteiger partial charge in [0.15, 0.2) is 0 Å². The van der Waals surface area contributed by atoms with E-state index in [0.29, 0.717) is 0 Å². The van der Waals surface area contributed by atoms with E-state index >= 15 is 0 Å². The Kier molecular flexibility index (Phi) is 31.4. The average molecular weight is 114 g/mol. The summed E-state index contributed by atoms with van der Waals surface area (Å²) in [7, 11) is 0. The summed E-state index contributed by atoms with van der Waals surface area (Å²) >= 11 is 0. The van der Waals surface area contributed by atoms with E-state index in [2.05, 4.69) is 0 Å². The van der Waals surface area contributed by atoms with Crippen molar-refractivity contribution in [3.05, 3.63) is 24.3 Å². The second kappa shape index (κ2) is 16.1. The summed E-state index contributed by atoms with van der Waals surface area (Å²) < 4.78 is 0. The second-order valence-corrected chi connectivity index (χ2v) is 1.05. The lowest BCUT2D eigenvalue weighted by Gasteiger charge is -1.62. The molecule has 0 saturated carbocycles. The summed E-state index contributed by atoms with van der Waals surface area (Å²) in [5.41, 5.74) is 0. The Morgan fingerprint density at radius 2 is 1.00 bits per heavy atom. The maximum Gasteiger partial charge on any atom is -0.0467 e. The van der Waals surface area contributed by atoms with Gasteiger partial charge in [0.2, 0.25) is 0 Å². The van der Waals surface area contributed by atoms with Crippen molar-refractivity contribution in [2.45, 2.75) is 28.7 Å². The minimum Gasteiger partial charge on any atom is -0.0877 e. The highest BCUT2D eigenvalue weighted by Crippen LogP contribution is 1.71. The molecule has 0 nitrogen and oxygen atoms in total. The molecule has 50 valence electrons. The lowest BCUT2D eigenvalue weighted by Crippen LogP contribution is -1.40. The summed E-state index contributed by atoms with van der Waals surface area (Å²) in [5.74, 6) is 0. The highest BCUT2D eigenvalue weighted by molar-refractivity contribution is 4.98. The molecule has 0 amide bonds. The average Bonchev–Trinajstić information content (AvgIpc) is 1.61. The van der Waals surface area contributed by atoms with E-state index in [1.54, 1.807) is 0 Å². The Balaban J connectivity index is -0.000000125. The van der Waals surface area contributed by atoms with E-state index in [1.807, 2.05) is 38.2 Å². The Morgan fingerprint density at radius 1 is 0.750 bits per heavy atom. The molecule has 0 aromatic carbocycles. The van der Waals surface area contributed by atoms with Crippen molar-refractivity contribution in [3.8, 4) is 0 Å². The molecule has 0 saturated heterocycles. The van der Waals surface area contributed by atoms with Gasteiger partial charge >= 0.3 is 0 Å². The third-order valence-electron chi connectivity index (χ3n) is 0.496. The zero-order valence-electron chi connectivity index (χ0n) is 4.31. The predicted molar refractivity (Wildman–Crippen MR) is 43.1 cm³/mol. The Bertz CT molecular complexity index is 48.4. The summed E-state index contributed by atoms with van der Waals surface area (Å²) in [4.78, 5) is 0. The van der Waals surface area contributed by atoms with Gasteiger partial charge in [-0.05, 0) is 13.8 Å². The van der Waals surface area contributed by atoms with Gasteiger partial charge in [-0.15, -0.1) is 0 Å².